The maximum Gasteiger partial charge on any atom is 0.288 e. The van der Waals surface area contributed by atoms with E-state index in [1.807, 2.05) is 0 Å². The molecular formula is C8H4N4O4. The van der Waals surface area contributed by atoms with E-state index in [1.165, 1.54) is 11.9 Å². The van der Waals surface area contributed by atoms with E-state index in [0.29, 0.717) is 0 Å². The van der Waals surface area contributed by atoms with Crippen LogP contribution in [0.15, 0.2) is 21.6 Å². The Morgan fingerprint density at radius 2 is 1.25 bits per heavy atom. The molecule has 2 aliphatic rings. The maximum absolute atomic E-state index is 10.7. The molecule has 0 unspecified atom stereocenters. The fourth-order valence-electron chi connectivity index (χ4n) is 1.04. The van der Waals surface area contributed by atoms with Gasteiger partial charge < -0.3 is 0 Å². The first-order chi connectivity index (χ1) is 7.70. The number of carbonyl (C=O) groups is 2. The van der Waals surface area contributed by atoms with Gasteiger partial charge in [0.05, 0.1) is 0 Å². The molecule has 2 heterocycles. The monoisotopic (exact) mass is 220 g/mol. The lowest BCUT2D eigenvalue weighted by atomic mass is 10.7. The van der Waals surface area contributed by atoms with Crippen molar-refractivity contribution in [3.63, 3.8) is 0 Å². The number of carbonyl (C=O) groups excluding carboxylic acids is 4. The molecule has 0 atom stereocenters. The number of azo groups is 1. The summed E-state index contributed by atoms with van der Waals surface area (Å²) in [5.41, 5.74) is -0.120. The summed E-state index contributed by atoms with van der Waals surface area (Å²) in [7, 11) is 0. The third kappa shape index (κ3) is 1.54. The van der Waals surface area contributed by atoms with Crippen molar-refractivity contribution < 1.29 is 19.2 Å². The van der Waals surface area contributed by atoms with Crippen LogP contribution in [0.3, 0.4) is 0 Å². The predicted molar refractivity (Wildman–Crippen MR) is 46.7 cm³/mol. The van der Waals surface area contributed by atoms with Gasteiger partial charge in [0.15, 0.2) is 23.3 Å². The van der Waals surface area contributed by atoms with E-state index in [2.05, 4.69) is 10.2 Å². The molecule has 2 fully saturated rings. The van der Waals surface area contributed by atoms with E-state index in [1.54, 1.807) is 0 Å². The third-order valence-electron chi connectivity index (χ3n) is 2.04. The van der Waals surface area contributed by atoms with Crippen molar-refractivity contribution in [2.24, 2.45) is 10.2 Å². The summed E-state index contributed by atoms with van der Waals surface area (Å²) in [6.07, 6.45) is 0. The van der Waals surface area contributed by atoms with Gasteiger partial charge in [0.25, 0.3) is 11.8 Å². The van der Waals surface area contributed by atoms with Crippen molar-refractivity contribution in [2.45, 2.75) is 0 Å². The van der Waals surface area contributed by atoms with Gasteiger partial charge in [-0.3, -0.25) is 19.4 Å². The van der Waals surface area contributed by atoms with Crippen LogP contribution < -0.4 is 0 Å². The second-order valence-electron chi connectivity index (χ2n) is 2.93. The van der Waals surface area contributed by atoms with Crippen molar-refractivity contribution in [3.05, 3.63) is 11.4 Å². The predicted octanol–water partition coefficient (Wildman–Crippen LogP) is -1.53. The van der Waals surface area contributed by atoms with Crippen LogP contribution in [0.25, 0.3) is 0 Å². The highest BCUT2D eigenvalue weighted by atomic mass is 16.2. The molecule has 80 valence electrons. The SMILES string of the molecule is O=C=C1C(=O)N1C/N=N/CN1C(=O)C1=C=O. The van der Waals surface area contributed by atoms with E-state index < -0.39 is 11.8 Å². The van der Waals surface area contributed by atoms with Gasteiger partial charge in [0, 0.05) is 0 Å². The Labute approximate surface area is 88.5 Å². The molecule has 8 nitrogen and oxygen atoms in total. The molecule has 0 radical (unpaired) electrons. The van der Waals surface area contributed by atoms with Crippen molar-refractivity contribution in [1.82, 2.24) is 9.80 Å². The Bertz CT molecular complexity index is 464. The summed E-state index contributed by atoms with van der Waals surface area (Å²) in [6.45, 7) is -0.156. The van der Waals surface area contributed by atoms with Crippen LogP contribution in [0.5, 0.6) is 0 Å². The van der Waals surface area contributed by atoms with Crippen molar-refractivity contribution in [1.29, 1.82) is 0 Å². The van der Waals surface area contributed by atoms with E-state index in [-0.39, 0.29) is 24.7 Å². The average molecular weight is 220 g/mol. The molecule has 0 saturated carbocycles. The highest BCUT2D eigenvalue weighted by molar-refractivity contribution is 6.16. The van der Waals surface area contributed by atoms with Crippen molar-refractivity contribution in [2.75, 3.05) is 13.3 Å². The van der Waals surface area contributed by atoms with Crippen LogP contribution in [-0.2, 0) is 19.2 Å². The average Bonchev–Trinajstić information content (AvgIpc) is 3.11. The number of amides is 2. The molecule has 0 N–H and O–H groups in total. The summed E-state index contributed by atoms with van der Waals surface area (Å²) in [4.78, 5) is 43.8. The molecule has 8 heteroatoms. The first-order valence-corrected chi connectivity index (χ1v) is 4.18. The smallest absolute Gasteiger partial charge is 0.270 e. The minimum absolute atomic E-state index is 0.0600. The third-order valence-corrected chi connectivity index (χ3v) is 2.04. The summed E-state index contributed by atoms with van der Waals surface area (Å²) >= 11 is 0. The van der Waals surface area contributed by atoms with Gasteiger partial charge in [-0.25, -0.2) is 9.59 Å². The van der Waals surface area contributed by atoms with Gasteiger partial charge in [-0.1, -0.05) is 0 Å². The number of rotatable bonds is 4. The maximum atomic E-state index is 10.7. The highest BCUT2D eigenvalue weighted by Gasteiger charge is 2.42. The lowest BCUT2D eigenvalue weighted by Gasteiger charge is -1.90. The van der Waals surface area contributed by atoms with Gasteiger partial charge in [-0.2, -0.15) is 10.2 Å². The Morgan fingerprint density at radius 1 is 0.875 bits per heavy atom. The van der Waals surface area contributed by atoms with E-state index in [4.69, 9.17) is 0 Å². The molecule has 0 spiro atoms. The second-order valence-corrected chi connectivity index (χ2v) is 2.93. The fraction of sp³-hybridized carbons (Fsp3) is 0.250. The van der Waals surface area contributed by atoms with Crippen LogP contribution in [0, 0.1) is 0 Å². The van der Waals surface area contributed by atoms with E-state index >= 15 is 0 Å². The summed E-state index contributed by atoms with van der Waals surface area (Å²) in [6, 6.07) is 0. The summed E-state index contributed by atoms with van der Waals surface area (Å²) in [5.74, 6) is 2.04. The van der Waals surface area contributed by atoms with Gasteiger partial charge in [-0.15, -0.1) is 0 Å². The van der Waals surface area contributed by atoms with Crippen LogP contribution in [0.1, 0.15) is 0 Å². The largest absolute Gasteiger partial charge is 0.288 e. The zero-order valence-corrected chi connectivity index (χ0v) is 7.84. The molecule has 2 amide bonds. The molecule has 0 aliphatic carbocycles. The minimum atomic E-state index is -0.426. The topological polar surface area (TPSA) is 99.0 Å². The van der Waals surface area contributed by atoms with Crippen LogP contribution in [-0.4, -0.2) is 46.8 Å². The van der Waals surface area contributed by atoms with Gasteiger partial charge in [0.1, 0.15) is 13.3 Å². The van der Waals surface area contributed by atoms with Crippen LogP contribution in [0.2, 0.25) is 0 Å². The Hall–Kier alpha value is -2.56. The van der Waals surface area contributed by atoms with E-state index in [0.717, 1.165) is 9.80 Å². The molecule has 16 heavy (non-hydrogen) atoms. The van der Waals surface area contributed by atoms with E-state index in [9.17, 15) is 19.2 Å². The summed E-state index contributed by atoms with van der Waals surface area (Å²) in [5, 5.41) is 7.12. The molecule has 2 rings (SSSR count). The van der Waals surface area contributed by atoms with Crippen LogP contribution in [0.4, 0.5) is 0 Å². The zero-order valence-electron chi connectivity index (χ0n) is 7.84. The number of nitrogens with zero attached hydrogens (tertiary/aromatic N) is 4. The fourth-order valence-corrected chi connectivity index (χ4v) is 1.04. The highest BCUT2D eigenvalue weighted by Crippen LogP contribution is 2.22. The van der Waals surface area contributed by atoms with Crippen molar-refractivity contribution in [3.8, 4) is 0 Å². The normalized spacial score (nSPS) is 18.0. The quantitative estimate of drug-likeness (QED) is 0.248. The lowest BCUT2D eigenvalue weighted by Crippen LogP contribution is -1.99. The second kappa shape index (κ2) is 3.54. The standard InChI is InChI=1S/C8H4N4O4/c13-1-5-7(15)11(5)3-9-10-4-12-6(2-14)8(12)16/h3-4H2/b10-9+. The lowest BCUT2D eigenvalue weighted by molar-refractivity contribution is -0.114. The molecule has 0 aromatic carbocycles. The molecule has 2 aliphatic heterocycles. The van der Waals surface area contributed by atoms with Crippen LogP contribution >= 0.6 is 0 Å². The molecule has 0 aromatic rings. The first kappa shape index (κ1) is 9.97. The van der Waals surface area contributed by atoms with Gasteiger partial charge >= 0.3 is 0 Å². The van der Waals surface area contributed by atoms with Gasteiger partial charge in [0.2, 0.25) is 0 Å². The molecule has 2 saturated heterocycles. The Balaban J connectivity index is 1.77. The Morgan fingerprint density at radius 3 is 1.50 bits per heavy atom. The number of hydrogen-bond donors (Lipinski definition) is 0. The van der Waals surface area contributed by atoms with Crippen molar-refractivity contribution >= 4 is 23.7 Å². The first-order valence-electron chi connectivity index (χ1n) is 4.18. The molecular weight excluding hydrogens is 216 g/mol. The number of hydrogen-bond acceptors (Lipinski definition) is 6. The molecule has 0 aromatic heterocycles. The molecule has 0 bridgehead atoms. The minimum Gasteiger partial charge on any atom is -0.270 e. The zero-order chi connectivity index (χ0) is 11.7. The van der Waals surface area contributed by atoms with Gasteiger partial charge in [-0.05, 0) is 0 Å². The Kier molecular flexibility index (Phi) is 2.21. The summed E-state index contributed by atoms with van der Waals surface area (Å²) < 4.78 is 0.